The molecule has 0 atom stereocenters. The lowest BCUT2D eigenvalue weighted by Crippen LogP contribution is -2.06. The number of phenols is 1. The minimum absolute atomic E-state index is 0.0553. The average Bonchev–Trinajstić information content (AvgIpc) is 2.90. The second kappa shape index (κ2) is 6.33. The molecule has 124 valence electrons. The molecule has 0 radical (unpaired) electrons. The molecular formula is C17H13ClFIN2O2. The Morgan fingerprint density at radius 3 is 2.71 bits per heavy atom. The van der Waals surface area contributed by atoms with E-state index in [0.29, 0.717) is 32.6 Å². The van der Waals surface area contributed by atoms with Crippen LogP contribution in [0.25, 0.3) is 16.9 Å². The van der Waals surface area contributed by atoms with E-state index in [-0.39, 0.29) is 22.2 Å². The number of imidazole rings is 1. The number of benzene rings is 1. The molecule has 2 aromatic heterocycles. The van der Waals surface area contributed by atoms with Gasteiger partial charge in [-0.1, -0.05) is 18.5 Å². The smallest absolute Gasteiger partial charge is 0.178 e. The minimum Gasteiger partial charge on any atom is -0.505 e. The van der Waals surface area contributed by atoms with Crippen LogP contribution in [0.4, 0.5) is 4.39 Å². The third-order valence-corrected chi connectivity index (χ3v) is 4.87. The molecule has 4 nitrogen and oxygen atoms in total. The molecule has 0 spiro atoms. The number of aromatic hydroxyl groups is 1. The number of pyridine rings is 1. The number of hydrogen-bond acceptors (Lipinski definition) is 3. The molecule has 0 bridgehead atoms. The average molecular weight is 459 g/mol. The Morgan fingerprint density at radius 1 is 1.42 bits per heavy atom. The van der Waals surface area contributed by atoms with E-state index in [4.69, 9.17) is 11.6 Å². The SMILES string of the molecule is CCc1nc2ccc(F)c(-c3cc(Cl)c(O)c(I)c3)n2c1C(C)=O. The zero-order chi connectivity index (χ0) is 17.6. The number of Topliss-reactive ketones (excluding diaryl/α,β-unsaturated/α-hetero) is 1. The number of nitrogens with zero attached hydrogens (tertiary/aromatic N) is 2. The maximum Gasteiger partial charge on any atom is 0.178 e. The van der Waals surface area contributed by atoms with Crippen LogP contribution in [0.2, 0.25) is 5.02 Å². The van der Waals surface area contributed by atoms with Crippen molar-refractivity contribution in [3.05, 3.63) is 50.1 Å². The third-order valence-electron chi connectivity index (χ3n) is 3.76. The molecule has 0 aliphatic heterocycles. The first-order chi connectivity index (χ1) is 11.3. The van der Waals surface area contributed by atoms with E-state index in [1.807, 2.05) is 29.5 Å². The van der Waals surface area contributed by atoms with Gasteiger partial charge in [0.15, 0.2) is 5.78 Å². The van der Waals surface area contributed by atoms with Crippen LogP contribution in [-0.2, 0) is 6.42 Å². The summed E-state index contributed by atoms with van der Waals surface area (Å²) in [5, 5.41) is 9.96. The third kappa shape index (κ3) is 2.67. The molecular weight excluding hydrogens is 446 g/mol. The maximum absolute atomic E-state index is 14.7. The van der Waals surface area contributed by atoms with Gasteiger partial charge < -0.3 is 5.11 Å². The van der Waals surface area contributed by atoms with Crippen LogP contribution in [0, 0.1) is 9.39 Å². The second-order valence-corrected chi connectivity index (χ2v) is 6.90. The van der Waals surface area contributed by atoms with Gasteiger partial charge in [-0.25, -0.2) is 9.37 Å². The Labute approximate surface area is 156 Å². The summed E-state index contributed by atoms with van der Waals surface area (Å²) in [4.78, 5) is 16.6. The standard InChI is InChI=1S/C17H13ClFIN2O2/c1-3-13-15(8(2)23)22-14(21-13)5-4-11(19)16(22)9-6-10(18)17(24)12(20)7-9/h4-7,24H,3H2,1-2H3. The van der Waals surface area contributed by atoms with Crippen molar-refractivity contribution in [1.82, 2.24) is 9.38 Å². The van der Waals surface area contributed by atoms with E-state index >= 15 is 0 Å². The lowest BCUT2D eigenvalue weighted by molar-refractivity contribution is 0.101. The maximum atomic E-state index is 14.7. The molecule has 3 aromatic rings. The summed E-state index contributed by atoms with van der Waals surface area (Å²) < 4.78 is 16.7. The van der Waals surface area contributed by atoms with Crippen LogP contribution in [-0.4, -0.2) is 20.3 Å². The van der Waals surface area contributed by atoms with Crippen molar-refractivity contribution in [1.29, 1.82) is 0 Å². The summed E-state index contributed by atoms with van der Waals surface area (Å²) in [5.41, 5.74) is 2.14. The molecule has 2 heterocycles. The Hall–Kier alpha value is -1.67. The van der Waals surface area contributed by atoms with E-state index in [0.717, 1.165) is 0 Å². The predicted molar refractivity (Wildman–Crippen MR) is 99.4 cm³/mol. The van der Waals surface area contributed by atoms with Crippen LogP contribution < -0.4 is 0 Å². The number of fused-ring (bicyclic) bond motifs is 1. The molecule has 24 heavy (non-hydrogen) atoms. The molecule has 1 N–H and O–H groups in total. The number of phenolic OH excluding ortho intramolecular Hbond substituents is 1. The minimum atomic E-state index is -0.498. The van der Waals surface area contributed by atoms with Crippen molar-refractivity contribution in [3.63, 3.8) is 0 Å². The molecule has 1 aromatic carbocycles. The van der Waals surface area contributed by atoms with Crippen molar-refractivity contribution >= 4 is 45.6 Å². The molecule has 0 unspecified atom stereocenters. The number of carbonyl (C=O) groups is 1. The van der Waals surface area contributed by atoms with Gasteiger partial charge in [-0.15, -0.1) is 0 Å². The molecule has 3 rings (SSSR count). The van der Waals surface area contributed by atoms with Gasteiger partial charge >= 0.3 is 0 Å². The van der Waals surface area contributed by atoms with Crippen LogP contribution in [0.3, 0.4) is 0 Å². The van der Waals surface area contributed by atoms with Gasteiger partial charge in [-0.3, -0.25) is 9.20 Å². The second-order valence-electron chi connectivity index (χ2n) is 5.33. The van der Waals surface area contributed by atoms with E-state index in [9.17, 15) is 14.3 Å². The van der Waals surface area contributed by atoms with Gasteiger partial charge in [0.25, 0.3) is 0 Å². The number of ketones is 1. The van der Waals surface area contributed by atoms with Crippen molar-refractivity contribution < 1.29 is 14.3 Å². The lowest BCUT2D eigenvalue weighted by Gasteiger charge is -2.12. The molecule has 0 amide bonds. The van der Waals surface area contributed by atoms with Gasteiger partial charge in [-0.05, 0) is 53.3 Å². The number of aromatic nitrogens is 2. The van der Waals surface area contributed by atoms with Gasteiger partial charge in [0.1, 0.15) is 22.9 Å². The summed E-state index contributed by atoms with van der Waals surface area (Å²) in [7, 11) is 0. The first-order valence-corrected chi connectivity index (χ1v) is 8.70. The largest absolute Gasteiger partial charge is 0.505 e. The number of hydrogen-bond donors (Lipinski definition) is 1. The Balaban J connectivity index is 2.46. The molecule has 0 saturated carbocycles. The Bertz CT molecular complexity index is 961. The van der Waals surface area contributed by atoms with Crippen molar-refractivity contribution in [2.45, 2.75) is 20.3 Å². The van der Waals surface area contributed by atoms with Gasteiger partial charge in [-0.2, -0.15) is 0 Å². The highest BCUT2D eigenvalue weighted by molar-refractivity contribution is 14.1. The first kappa shape index (κ1) is 17.2. The van der Waals surface area contributed by atoms with E-state index in [2.05, 4.69) is 4.98 Å². The quantitative estimate of drug-likeness (QED) is 0.450. The highest BCUT2D eigenvalue weighted by Crippen LogP contribution is 2.36. The molecule has 0 aliphatic carbocycles. The summed E-state index contributed by atoms with van der Waals surface area (Å²) in [6.07, 6.45) is 0.561. The predicted octanol–water partition coefficient (Wildman–Crippen LogP) is 4.87. The van der Waals surface area contributed by atoms with Crippen LogP contribution >= 0.6 is 34.2 Å². The van der Waals surface area contributed by atoms with Gasteiger partial charge in [0.2, 0.25) is 0 Å². The van der Waals surface area contributed by atoms with Crippen LogP contribution in [0.15, 0.2) is 24.3 Å². The number of halogens is 3. The summed E-state index contributed by atoms with van der Waals surface area (Å²) in [6, 6.07) is 5.95. The summed E-state index contributed by atoms with van der Waals surface area (Å²) >= 11 is 7.96. The van der Waals surface area contributed by atoms with E-state index in [1.165, 1.54) is 29.5 Å². The van der Waals surface area contributed by atoms with Crippen LogP contribution in [0.1, 0.15) is 30.0 Å². The van der Waals surface area contributed by atoms with E-state index in [1.54, 1.807) is 6.07 Å². The number of rotatable bonds is 3. The monoisotopic (exact) mass is 458 g/mol. The number of aryl methyl sites for hydroxylation is 1. The topological polar surface area (TPSA) is 54.6 Å². The highest BCUT2D eigenvalue weighted by Gasteiger charge is 2.21. The molecule has 7 heteroatoms. The van der Waals surface area contributed by atoms with Crippen molar-refractivity contribution in [2.24, 2.45) is 0 Å². The highest BCUT2D eigenvalue weighted by atomic mass is 127. The number of carbonyl (C=O) groups excluding carboxylic acids is 1. The lowest BCUT2D eigenvalue weighted by atomic mass is 10.1. The van der Waals surface area contributed by atoms with Gasteiger partial charge in [0.05, 0.1) is 20.0 Å². The zero-order valence-electron chi connectivity index (χ0n) is 12.9. The first-order valence-electron chi connectivity index (χ1n) is 7.24. The Kier molecular flexibility index (Phi) is 4.52. The fraction of sp³-hybridized carbons (Fsp3) is 0.176. The summed E-state index contributed by atoms with van der Waals surface area (Å²) in [6.45, 7) is 3.33. The normalized spacial score (nSPS) is 11.2. The molecule has 0 saturated heterocycles. The van der Waals surface area contributed by atoms with Crippen molar-refractivity contribution in [3.8, 4) is 17.0 Å². The van der Waals surface area contributed by atoms with Gasteiger partial charge in [0, 0.05) is 12.5 Å². The van der Waals surface area contributed by atoms with E-state index < -0.39 is 5.82 Å². The fourth-order valence-corrected chi connectivity index (χ4v) is 3.74. The molecule has 0 aliphatic rings. The fourth-order valence-electron chi connectivity index (χ4n) is 2.73. The van der Waals surface area contributed by atoms with Crippen molar-refractivity contribution in [2.75, 3.05) is 0 Å². The zero-order valence-corrected chi connectivity index (χ0v) is 15.8. The Morgan fingerprint density at radius 2 is 2.12 bits per heavy atom. The van der Waals surface area contributed by atoms with Crippen LogP contribution in [0.5, 0.6) is 5.75 Å². The molecule has 0 fully saturated rings. The summed E-state index contributed by atoms with van der Waals surface area (Å²) in [5.74, 6) is -0.742.